The minimum atomic E-state index is -0.208. The number of thioether (sulfide) groups is 1. The number of carbonyl (C=O) groups excluding carboxylic acids is 1. The molecule has 2 aromatic heterocycles. The lowest BCUT2D eigenvalue weighted by molar-refractivity contribution is -0.113. The van der Waals surface area contributed by atoms with E-state index in [4.69, 9.17) is 16.6 Å². The average Bonchev–Trinajstić information content (AvgIpc) is 3.22. The van der Waals surface area contributed by atoms with E-state index in [2.05, 4.69) is 26.1 Å². The third-order valence-electron chi connectivity index (χ3n) is 6.77. The summed E-state index contributed by atoms with van der Waals surface area (Å²) >= 11 is 9.08. The van der Waals surface area contributed by atoms with Gasteiger partial charge in [0.1, 0.15) is 4.83 Å². The molecule has 0 bridgehead atoms. The second-order valence-electron chi connectivity index (χ2n) is 10.2. The van der Waals surface area contributed by atoms with Gasteiger partial charge in [-0.2, -0.15) is 0 Å². The molecule has 8 heteroatoms. The summed E-state index contributed by atoms with van der Waals surface area (Å²) in [5.74, 6) is 0.477. The summed E-state index contributed by atoms with van der Waals surface area (Å²) in [6, 6.07) is 16.7. The van der Waals surface area contributed by atoms with Crippen LogP contribution in [0.2, 0.25) is 5.02 Å². The molecule has 1 unspecified atom stereocenters. The number of rotatable bonds is 5. The first-order valence-corrected chi connectivity index (χ1v) is 14.2. The third-order valence-corrected chi connectivity index (χ3v) is 9.19. The van der Waals surface area contributed by atoms with Crippen LogP contribution in [-0.4, -0.2) is 21.2 Å². The van der Waals surface area contributed by atoms with Gasteiger partial charge in [0.05, 0.1) is 27.5 Å². The average molecular weight is 538 g/mol. The third kappa shape index (κ3) is 4.97. The van der Waals surface area contributed by atoms with E-state index in [0.717, 1.165) is 40.7 Å². The fourth-order valence-corrected chi connectivity index (χ4v) is 7.06. The smallest absolute Gasteiger partial charge is 0.267 e. The summed E-state index contributed by atoms with van der Waals surface area (Å²) in [4.78, 5) is 33.6. The Balaban J connectivity index is 1.52. The lowest BCUT2D eigenvalue weighted by Gasteiger charge is -2.33. The van der Waals surface area contributed by atoms with Crippen LogP contribution in [0.1, 0.15) is 37.6 Å². The Labute approximate surface area is 223 Å². The van der Waals surface area contributed by atoms with Gasteiger partial charge in [0.15, 0.2) is 5.16 Å². The summed E-state index contributed by atoms with van der Waals surface area (Å²) in [5.41, 5.74) is 2.63. The Morgan fingerprint density at radius 2 is 1.89 bits per heavy atom. The first-order chi connectivity index (χ1) is 17.2. The summed E-state index contributed by atoms with van der Waals surface area (Å²) in [6.45, 7) is 6.87. The van der Waals surface area contributed by atoms with Crippen molar-refractivity contribution in [2.24, 2.45) is 11.3 Å². The van der Waals surface area contributed by atoms with E-state index in [0.29, 0.717) is 21.8 Å². The number of hydrogen-bond donors (Lipinski definition) is 1. The maximum atomic E-state index is 13.9. The molecule has 1 aliphatic rings. The number of aryl methyl sites for hydroxylation is 1. The second-order valence-corrected chi connectivity index (χ2v) is 12.6. The maximum absolute atomic E-state index is 13.9. The number of benzene rings is 2. The van der Waals surface area contributed by atoms with Crippen molar-refractivity contribution >= 4 is 56.5 Å². The zero-order valence-electron chi connectivity index (χ0n) is 20.5. The summed E-state index contributed by atoms with van der Waals surface area (Å²) in [6.07, 6.45) is 2.95. The highest BCUT2D eigenvalue weighted by Crippen LogP contribution is 2.42. The van der Waals surface area contributed by atoms with Gasteiger partial charge in [-0.1, -0.05) is 74.5 Å². The van der Waals surface area contributed by atoms with Crippen molar-refractivity contribution < 1.29 is 4.79 Å². The molecule has 186 valence electrons. The summed E-state index contributed by atoms with van der Waals surface area (Å²) < 4.78 is 1.65. The number of nitrogens with zero attached hydrogens (tertiary/aromatic N) is 2. The van der Waals surface area contributed by atoms with E-state index in [1.54, 1.807) is 28.0 Å². The molecule has 0 fully saturated rings. The number of aromatic nitrogens is 2. The number of carbonyl (C=O) groups is 1. The van der Waals surface area contributed by atoms with Crippen LogP contribution in [0.5, 0.6) is 0 Å². The molecule has 36 heavy (non-hydrogen) atoms. The number of halogens is 1. The van der Waals surface area contributed by atoms with Crippen molar-refractivity contribution in [3.8, 4) is 5.69 Å². The molecule has 1 aliphatic carbocycles. The van der Waals surface area contributed by atoms with Gasteiger partial charge in [0.2, 0.25) is 5.91 Å². The van der Waals surface area contributed by atoms with Crippen LogP contribution in [0.4, 0.5) is 5.69 Å². The number of anilines is 1. The zero-order valence-corrected chi connectivity index (χ0v) is 22.9. The highest BCUT2D eigenvalue weighted by molar-refractivity contribution is 7.99. The molecule has 2 heterocycles. The Morgan fingerprint density at radius 3 is 2.61 bits per heavy atom. The van der Waals surface area contributed by atoms with Crippen LogP contribution in [0.3, 0.4) is 0 Å². The van der Waals surface area contributed by atoms with Gasteiger partial charge in [-0.3, -0.25) is 14.2 Å². The van der Waals surface area contributed by atoms with Gasteiger partial charge in [-0.25, -0.2) is 4.98 Å². The quantitative estimate of drug-likeness (QED) is 0.220. The highest BCUT2D eigenvalue weighted by Gasteiger charge is 2.32. The lowest BCUT2D eigenvalue weighted by Crippen LogP contribution is -2.27. The number of para-hydroxylation sites is 2. The van der Waals surface area contributed by atoms with Gasteiger partial charge in [-0.15, -0.1) is 11.3 Å². The van der Waals surface area contributed by atoms with E-state index in [1.165, 1.54) is 16.6 Å². The first-order valence-electron chi connectivity index (χ1n) is 12.0. The number of nitrogens with one attached hydrogen (secondary N) is 1. The van der Waals surface area contributed by atoms with Crippen molar-refractivity contribution in [2.45, 2.75) is 45.2 Å². The normalized spacial score (nSPS) is 15.6. The van der Waals surface area contributed by atoms with Crippen LogP contribution in [0.25, 0.3) is 15.9 Å². The summed E-state index contributed by atoms with van der Waals surface area (Å²) in [5, 5.41) is 4.57. The largest absolute Gasteiger partial charge is 0.324 e. The summed E-state index contributed by atoms with van der Waals surface area (Å²) in [7, 11) is 0. The van der Waals surface area contributed by atoms with Crippen LogP contribution in [0, 0.1) is 11.3 Å². The van der Waals surface area contributed by atoms with Gasteiger partial charge < -0.3 is 5.32 Å². The molecule has 5 rings (SSSR count). The molecule has 0 spiro atoms. The number of amides is 1. The van der Waals surface area contributed by atoms with E-state index in [-0.39, 0.29) is 22.6 Å². The molecule has 1 atom stereocenters. The van der Waals surface area contributed by atoms with Crippen molar-refractivity contribution in [2.75, 3.05) is 11.1 Å². The van der Waals surface area contributed by atoms with E-state index >= 15 is 0 Å². The zero-order chi connectivity index (χ0) is 25.4. The molecule has 0 saturated carbocycles. The monoisotopic (exact) mass is 537 g/mol. The fraction of sp³-hybridized carbons (Fsp3) is 0.321. The predicted octanol–water partition coefficient (Wildman–Crippen LogP) is 6.98. The Morgan fingerprint density at radius 1 is 1.17 bits per heavy atom. The molecule has 1 amide bonds. The minimum Gasteiger partial charge on any atom is -0.324 e. The van der Waals surface area contributed by atoms with Crippen LogP contribution < -0.4 is 10.9 Å². The van der Waals surface area contributed by atoms with Gasteiger partial charge in [-0.05, 0) is 60.4 Å². The lowest BCUT2D eigenvalue weighted by atomic mass is 9.72. The van der Waals surface area contributed by atoms with Crippen molar-refractivity contribution in [1.82, 2.24) is 9.55 Å². The fourth-order valence-electron chi connectivity index (χ4n) is 4.73. The molecular weight excluding hydrogens is 510 g/mol. The van der Waals surface area contributed by atoms with Crippen molar-refractivity contribution in [3.63, 3.8) is 0 Å². The van der Waals surface area contributed by atoms with Crippen molar-refractivity contribution in [1.29, 1.82) is 0 Å². The molecule has 5 nitrogen and oxygen atoms in total. The molecular formula is C28H28ClN3O2S2. The molecule has 2 aromatic carbocycles. The van der Waals surface area contributed by atoms with E-state index in [1.807, 2.05) is 42.5 Å². The second kappa shape index (κ2) is 10.0. The maximum Gasteiger partial charge on any atom is 0.267 e. The highest BCUT2D eigenvalue weighted by atomic mass is 35.5. The SMILES string of the molecule is CC(C)(C)C1CCc2c(sc3nc(SCC(=O)Nc4ccccc4Cl)n(-c4ccccc4)c(=O)c23)C1. The van der Waals surface area contributed by atoms with Gasteiger partial charge >= 0.3 is 0 Å². The van der Waals surface area contributed by atoms with E-state index < -0.39 is 0 Å². The predicted molar refractivity (Wildman–Crippen MR) is 151 cm³/mol. The molecule has 0 saturated heterocycles. The van der Waals surface area contributed by atoms with Crippen LogP contribution >= 0.6 is 34.7 Å². The minimum absolute atomic E-state index is 0.0630. The Bertz CT molecular complexity index is 1490. The van der Waals surface area contributed by atoms with Crippen molar-refractivity contribution in [3.05, 3.63) is 80.4 Å². The standard InChI is InChI=1S/C28H28ClN3O2S2/c1-28(2,3)17-13-14-19-22(15-17)36-25-24(19)26(34)32(18-9-5-4-6-10-18)27(31-25)35-16-23(33)30-21-12-8-7-11-20(21)29/h4-12,17H,13-16H2,1-3H3,(H,30,33). The molecule has 0 radical (unpaired) electrons. The van der Waals surface area contributed by atoms with Gasteiger partial charge in [0.25, 0.3) is 5.56 Å². The number of fused-ring (bicyclic) bond motifs is 3. The van der Waals surface area contributed by atoms with Crippen LogP contribution in [-0.2, 0) is 17.6 Å². The van der Waals surface area contributed by atoms with E-state index in [9.17, 15) is 9.59 Å². The van der Waals surface area contributed by atoms with Gasteiger partial charge in [0, 0.05) is 4.88 Å². The molecule has 4 aromatic rings. The molecule has 0 aliphatic heterocycles. The Hall–Kier alpha value is -2.61. The Kier molecular flexibility index (Phi) is 6.99. The topological polar surface area (TPSA) is 64.0 Å². The number of thiophene rings is 1. The first kappa shape index (κ1) is 25.1. The number of hydrogen-bond acceptors (Lipinski definition) is 5. The van der Waals surface area contributed by atoms with Crippen LogP contribution in [0.15, 0.2) is 64.5 Å². The molecule has 1 N–H and O–H groups in total.